The zero-order valence-electron chi connectivity index (χ0n) is 19.6. The highest BCUT2D eigenvalue weighted by Gasteiger charge is 2.51. The molecule has 2 aliphatic rings. The van der Waals surface area contributed by atoms with Crippen molar-refractivity contribution < 1.29 is 14.0 Å². The first-order valence-electron chi connectivity index (χ1n) is 11.6. The van der Waals surface area contributed by atoms with Gasteiger partial charge in [-0.05, 0) is 50.5 Å². The maximum atomic E-state index is 13.6. The van der Waals surface area contributed by atoms with Gasteiger partial charge in [0.15, 0.2) is 0 Å². The van der Waals surface area contributed by atoms with Gasteiger partial charge in [-0.3, -0.25) is 10.1 Å². The Morgan fingerprint density at radius 2 is 1.70 bits per heavy atom. The topological polar surface area (TPSA) is 64.7 Å². The molecule has 2 aromatic carbocycles. The number of nitrogens with one attached hydrogen (secondary N) is 2. The Morgan fingerprint density at radius 3 is 2.30 bits per heavy atom. The average Bonchev–Trinajstić information content (AvgIpc) is 3.00. The van der Waals surface area contributed by atoms with Crippen molar-refractivity contribution >= 4 is 11.9 Å². The van der Waals surface area contributed by atoms with Crippen LogP contribution in [0.15, 0.2) is 54.6 Å². The van der Waals surface area contributed by atoms with Crippen LogP contribution in [-0.4, -0.2) is 52.1 Å². The second-order valence-electron chi connectivity index (χ2n) is 10.1. The lowest BCUT2D eigenvalue weighted by Gasteiger charge is -2.45. The second kappa shape index (κ2) is 9.14. The van der Waals surface area contributed by atoms with E-state index in [2.05, 4.69) is 10.6 Å². The van der Waals surface area contributed by atoms with Crippen LogP contribution in [0.3, 0.4) is 0 Å². The molecule has 176 valence electrons. The molecule has 1 spiro atoms. The Hall–Kier alpha value is -2.93. The summed E-state index contributed by atoms with van der Waals surface area (Å²) >= 11 is 0. The number of piperidine rings is 1. The van der Waals surface area contributed by atoms with Crippen molar-refractivity contribution in [2.75, 3.05) is 13.1 Å². The van der Waals surface area contributed by atoms with Crippen molar-refractivity contribution in [1.82, 2.24) is 20.4 Å². The number of carbonyl (C=O) groups excluding carboxylic acids is 2. The number of hydrogen-bond acceptors (Lipinski definition) is 3. The van der Waals surface area contributed by atoms with Crippen LogP contribution in [0.1, 0.15) is 44.7 Å². The van der Waals surface area contributed by atoms with Crippen molar-refractivity contribution in [3.63, 3.8) is 0 Å². The minimum Gasteiger partial charge on any atom is -0.333 e. The third-order valence-corrected chi connectivity index (χ3v) is 6.42. The summed E-state index contributed by atoms with van der Waals surface area (Å²) in [6.07, 6.45) is 1.89. The molecule has 6 nitrogen and oxygen atoms in total. The minimum absolute atomic E-state index is 0.0516. The first-order chi connectivity index (χ1) is 15.7. The van der Waals surface area contributed by atoms with E-state index in [0.717, 1.165) is 11.1 Å². The van der Waals surface area contributed by atoms with Crippen molar-refractivity contribution in [3.05, 3.63) is 71.5 Å². The maximum Gasteiger partial charge on any atom is 0.317 e. The number of hydrogen-bond donors (Lipinski definition) is 2. The van der Waals surface area contributed by atoms with E-state index in [-0.39, 0.29) is 29.3 Å². The molecule has 2 aliphatic heterocycles. The first kappa shape index (κ1) is 23.2. The highest BCUT2D eigenvalue weighted by molar-refractivity contribution is 5.85. The van der Waals surface area contributed by atoms with Crippen LogP contribution in [-0.2, 0) is 17.8 Å². The van der Waals surface area contributed by atoms with E-state index < -0.39 is 5.66 Å². The van der Waals surface area contributed by atoms with E-state index in [1.165, 1.54) is 12.1 Å². The van der Waals surface area contributed by atoms with Crippen LogP contribution in [0.5, 0.6) is 0 Å². The van der Waals surface area contributed by atoms with Crippen molar-refractivity contribution in [2.24, 2.45) is 0 Å². The first-order valence-corrected chi connectivity index (χ1v) is 11.6. The minimum atomic E-state index is -0.524. The van der Waals surface area contributed by atoms with Crippen molar-refractivity contribution in [2.45, 2.75) is 63.8 Å². The molecule has 33 heavy (non-hydrogen) atoms. The number of nitrogens with zero attached hydrogens (tertiary/aromatic N) is 2. The SMILES string of the molecule is CC(C)(C)NC(=O)N1CCC2(CC1)NC(Cc1ccccc1)C(=O)N2Cc1ccc(F)cc1. The Morgan fingerprint density at radius 1 is 1.06 bits per heavy atom. The monoisotopic (exact) mass is 452 g/mol. The second-order valence-corrected chi connectivity index (χ2v) is 10.1. The van der Waals surface area contributed by atoms with Crippen LogP contribution in [0.25, 0.3) is 0 Å². The summed E-state index contributed by atoms with van der Waals surface area (Å²) in [5, 5.41) is 6.66. The number of amides is 3. The van der Waals surface area contributed by atoms with Gasteiger partial charge in [0.25, 0.3) is 0 Å². The molecule has 0 radical (unpaired) electrons. The van der Waals surface area contributed by atoms with Crippen LogP contribution in [0, 0.1) is 5.82 Å². The molecule has 2 fully saturated rings. The van der Waals surface area contributed by atoms with Crippen molar-refractivity contribution in [3.8, 4) is 0 Å². The molecule has 2 heterocycles. The molecule has 1 atom stereocenters. The van der Waals surface area contributed by atoms with E-state index in [9.17, 15) is 14.0 Å². The molecule has 2 N–H and O–H groups in total. The largest absolute Gasteiger partial charge is 0.333 e. The molecule has 1 unspecified atom stereocenters. The van der Waals surface area contributed by atoms with Gasteiger partial charge in [-0.15, -0.1) is 0 Å². The van der Waals surface area contributed by atoms with Crippen molar-refractivity contribution in [1.29, 1.82) is 0 Å². The third kappa shape index (κ3) is 5.36. The summed E-state index contributed by atoms with van der Waals surface area (Å²) in [6.45, 7) is 7.41. The molecule has 2 aromatic rings. The van der Waals surface area contributed by atoms with E-state index >= 15 is 0 Å². The molecule has 2 saturated heterocycles. The van der Waals surface area contributed by atoms with E-state index in [1.54, 1.807) is 12.1 Å². The van der Waals surface area contributed by atoms with Crippen LogP contribution in [0.2, 0.25) is 0 Å². The highest BCUT2D eigenvalue weighted by Crippen LogP contribution is 2.35. The Labute approximate surface area is 195 Å². The van der Waals surface area contributed by atoms with Gasteiger partial charge in [-0.2, -0.15) is 0 Å². The Kier molecular flexibility index (Phi) is 6.43. The van der Waals surface area contributed by atoms with Gasteiger partial charge in [-0.1, -0.05) is 42.5 Å². The molecular formula is C26H33FN4O2. The maximum absolute atomic E-state index is 13.6. The highest BCUT2D eigenvalue weighted by atomic mass is 19.1. The van der Waals surface area contributed by atoms with Gasteiger partial charge in [0.1, 0.15) is 5.82 Å². The predicted molar refractivity (Wildman–Crippen MR) is 126 cm³/mol. The summed E-state index contributed by atoms with van der Waals surface area (Å²) in [6, 6.07) is 15.9. The lowest BCUT2D eigenvalue weighted by molar-refractivity contribution is -0.134. The smallest absolute Gasteiger partial charge is 0.317 e. The Bertz CT molecular complexity index is 980. The van der Waals surface area contributed by atoms with Crippen LogP contribution < -0.4 is 10.6 Å². The molecule has 4 rings (SSSR count). The van der Waals surface area contributed by atoms with Gasteiger partial charge in [0.2, 0.25) is 5.91 Å². The fourth-order valence-corrected chi connectivity index (χ4v) is 4.75. The number of likely N-dealkylation sites (tertiary alicyclic amines) is 1. The summed E-state index contributed by atoms with van der Waals surface area (Å²) in [5.41, 5.74) is 1.16. The standard InChI is InChI=1S/C26H33FN4O2/c1-25(2,3)29-24(33)30-15-13-26(14-16-30)28-22(17-19-7-5-4-6-8-19)23(32)31(26)18-20-9-11-21(27)12-10-20/h4-12,22,28H,13-18H2,1-3H3,(H,29,33). The zero-order chi connectivity index (χ0) is 23.6. The molecule has 0 bridgehead atoms. The molecule has 0 aromatic heterocycles. The fraction of sp³-hybridized carbons (Fsp3) is 0.462. The van der Waals surface area contributed by atoms with E-state index in [0.29, 0.717) is 38.9 Å². The number of rotatable bonds is 4. The predicted octanol–water partition coefficient (Wildman–Crippen LogP) is 3.67. The quantitative estimate of drug-likeness (QED) is 0.744. The average molecular weight is 453 g/mol. The number of halogens is 1. The normalized spacial score (nSPS) is 20.4. The molecular weight excluding hydrogens is 419 g/mol. The fourth-order valence-electron chi connectivity index (χ4n) is 4.75. The summed E-state index contributed by atoms with van der Waals surface area (Å²) in [5.74, 6) is -0.241. The van der Waals surface area contributed by atoms with Crippen LogP contribution in [0.4, 0.5) is 9.18 Å². The van der Waals surface area contributed by atoms with Gasteiger partial charge >= 0.3 is 6.03 Å². The lowest BCUT2D eigenvalue weighted by Crippen LogP contribution is -2.61. The number of urea groups is 1. The van der Waals surface area contributed by atoms with E-state index in [1.807, 2.05) is 60.9 Å². The summed E-state index contributed by atoms with van der Waals surface area (Å²) < 4.78 is 13.4. The number of benzene rings is 2. The lowest BCUT2D eigenvalue weighted by atomic mass is 9.95. The summed E-state index contributed by atoms with van der Waals surface area (Å²) in [4.78, 5) is 30.0. The van der Waals surface area contributed by atoms with Gasteiger partial charge in [-0.25, -0.2) is 9.18 Å². The van der Waals surface area contributed by atoms with Gasteiger partial charge in [0, 0.05) is 38.0 Å². The molecule has 3 amide bonds. The van der Waals surface area contributed by atoms with Gasteiger partial charge < -0.3 is 15.1 Å². The number of carbonyl (C=O) groups is 2. The molecule has 7 heteroatoms. The van der Waals surface area contributed by atoms with Gasteiger partial charge in [0.05, 0.1) is 11.7 Å². The molecule has 0 aliphatic carbocycles. The molecule has 0 saturated carbocycles. The summed E-state index contributed by atoms with van der Waals surface area (Å²) in [7, 11) is 0. The van der Waals surface area contributed by atoms with Crippen LogP contribution >= 0.6 is 0 Å². The zero-order valence-corrected chi connectivity index (χ0v) is 19.6. The Balaban J connectivity index is 1.53. The van der Waals surface area contributed by atoms with E-state index in [4.69, 9.17) is 0 Å². The third-order valence-electron chi connectivity index (χ3n) is 6.42.